The minimum Gasteiger partial charge on any atom is -0.330 e. The van der Waals surface area contributed by atoms with Gasteiger partial charge < -0.3 is 9.55 Å². The van der Waals surface area contributed by atoms with Crippen LogP contribution in [-0.2, 0) is 6.54 Å². The number of nitrogens with one attached hydrogen (secondary N) is 1. The van der Waals surface area contributed by atoms with Crippen LogP contribution in [0.15, 0.2) is 28.7 Å². The molecule has 6 heteroatoms. The first kappa shape index (κ1) is 13.0. The van der Waals surface area contributed by atoms with Crippen LogP contribution in [0.3, 0.4) is 0 Å². The molecule has 2 heterocycles. The van der Waals surface area contributed by atoms with Gasteiger partial charge >= 0.3 is 0 Å². The van der Waals surface area contributed by atoms with Crippen LogP contribution in [-0.4, -0.2) is 9.55 Å². The van der Waals surface area contributed by atoms with Crippen molar-refractivity contribution in [2.75, 3.05) is 0 Å². The Hall–Kier alpha value is -0.980. The second-order valence-corrected chi connectivity index (χ2v) is 6.93. The number of hydrogen-bond acceptors (Lipinski definition) is 2. The summed E-state index contributed by atoms with van der Waals surface area (Å²) < 4.78 is 16.6. The smallest absolute Gasteiger partial charge is 0.178 e. The molecule has 1 N–H and O–H groups in total. The Morgan fingerprint density at radius 1 is 1.42 bits per heavy atom. The number of fused-ring (bicyclic) bond motifs is 1. The highest BCUT2D eigenvalue weighted by molar-refractivity contribution is 9.10. The maximum absolute atomic E-state index is 13.5. The molecule has 0 radical (unpaired) electrons. The number of halogens is 2. The van der Waals surface area contributed by atoms with Crippen LogP contribution in [0.4, 0.5) is 4.39 Å². The highest BCUT2D eigenvalue weighted by Crippen LogP contribution is 2.25. The third-order valence-corrected chi connectivity index (χ3v) is 4.84. The zero-order valence-corrected chi connectivity index (χ0v) is 13.3. The Kier molecular flexibility index (Phi) is 3.32. The number of benzene rings is 1. The first-order valence-electron chi connectivity index (χ1n) is 5.67. The lowest BCUT2D eigenvalue weighted by atomic mass is 10.3. The molecule has 0 unspecified atom stereocenters. The van der Waals surface area contributed by atoms with Crippen molar-refractivity contribution in [3.8, 4) is 0 Å². The van der Waals surface area contributed by atoms with E-state index in [2.05, 4.69) is 40.0 Å². The van der Waals surface area contributed by atoms with Crippen molar-refractivity contribution in [1.29, 1.82) is 0 Å². The van der Waals surface area contributed by atoms with E-state index in [1.54, 1.807) is 17.4 Å². The molecule has 0 aliphatic carbocycles. The summed E-state index contributed by atoms with van der Waals surface area (Å²) in [6.45, 7) is 2.78. The zero-order valence-electron chi connectivity index (χ0n) is 10.0. The van der Waals surface area contributed by atoms with Gasteiger partial charge in [0.05, 0.1) is 22.1 Å². The average molecular weight is 357 g/mol. The van der Waals surface area contributed by atoms with Gasteiger partial charge in [-0.15, -0.1) is 11.3 Å². The lowest BCUT2D eigenvalue weighted by molar-refractivity contribution is 0.622. The molecule has 2 aromatic heterocycles. The van der Waals surface area contributed by atoms with Crippen molar-refractivity contribution < 1.29 is 4.39 Å². The number of imidazole rings is 1. The predicted octanol–water partition coefficient (Wildman–Crippen LogP) is 5.02. The molecule has 0 saturated carbocycles. The van der Waals surface area contributed by atoms with Gasteiger partial charge in [-0.25, -0.2) is 4.39 Å². The van der Waals surface area contributed by atoms with Crippen LogP contribution in [0.2, 0.25) is 0 Å². The van der Waals surface area contributed by atoms with Crippen LogP contribution in [0.1, 0.15) is 9.75 Å². The number of rotatable bonds is 2. The van der Waals surface area contributed by atoms with Crippen LogP contribution in [0.5, 0.6) is 0 Å². The number of aryl methyl sites for hydroxylation is 1. The highest BCUT2D eigenvalue weighted by Gasteiger charge is 2.09. The summed E-state index contributed by atoms with van der Waals surface area (Å²) in [6, 6.07) is 7.41. The number of H-pyrrole nitrogens is 1. The summed E-state index contributed by atoms with van der Waals surface area (Å²) >= 11 is 10.3. The molecule has 0 spiro atoms. The zero-order chi connectivity index (χ0) is 13.6. The quantitative estimate of drug-likeness (QED) is 0.639. The standard InChI is InChI=1S/C13H10BrFN2S2/c1-7-2-3-8(19-7)6-17-12-4-9(14)10(15)5-11(12)16-13(17)18/h2-5H,6H2,1H3,(H,16,18). The van der Waals surface area contributed by atoms with Crippen molar-refractivity contribution in [2.24, 2.45) is 0 Å². The van der Waals surface area contributed by atoms with E-state index in [4.69, 9.17) is 12.2 Å². The second-order valence-electron chi connectivity index (χ2n) is 4.31. The molecule has 3 rings (SSSR count). The maximum Gasteiger partial charge on any atom is 0.178 e. The molecule has 0 aliphatic rings. The minimum atomic E-state index is -0.289. The number of aromatic amines is 1. The fourth-order valence-corrected chi connectivity index (χ4v) is 3.52. The van der Waals surface area contributed by atoms with E-state index in [0.29, 0.717) is 15.8 Å². The van der Waals surface area contributed by atoms with E-state index in [9.17, 15) is 4.39 Å². The number of nitrogens with zero attached hydrogens (tertiary/aromatic N) is 1. The Morgan fingerprint density at radius 3 is 2.89 bits per heavy atom. The van der Waals surface area contributed by atoms with E-state index in [-0.39, 0.29) is 5.82 Å². The molecule has 98 valence electrons. The van der Waals surface area contributed by atoms with E-state index >= 15 is 0 Å². The van der Waals surface area contributed by atoms with Crippen LogP contribution < -0.4 is 0 Å². The summed E-state index contributed by atoms with van der Waals surface area (Å²) in [6.07, 6.45) is 0. The predicted molar refractivity (Wildman–Crippen MR) is 82.9 cm³/mol. The molecule has 0 atom stereocenters. The highest BCUT2D eigenvalue weighted by atomic mass is 79.9. The molecule has 2 nitrogen and oxygen atoms in total. The first-order valence-corrected chi connectivity index (χ1v) is 7.69. The summed E-state index contributed by atoms with van der Waals surface area (Å²) in [4.78, 5) is 5.55. The Balaban J connectivity index is 2.15. The second kappa shape index (κ2) is 4.85. The third kappa shape index (κ3) is 2.40. The molecule has 0 aliphatic heterocycles. The molecular weight excluding hydrogens is 347 g/mol. The van der Waals surface area contributed by atoms with Crippen molar-refractivity contribution in [3.63, 3.8) is 0 Å². The van der Waals surface area contributed by atoms with E-state index in [0.717, 1.165) is 11.0 Å². The summed E-state index contributed by atoms with van der Waals surface area (Å²) in [5.74, 6) is -0.289. The van der Waals surface area contributed by atoms with Gasteiger partial charge in [-0.05, 0) is 53.3 Å². The number of hydrogen-bond donors (Lipinski definition) is 1. The molecule has 0 fully saturated rings. The van der Waals surface area contributed by atoms with Crippen molar-refractivity contribution in [2.45, 2.75) is 13.5 Å². The van der Waals surface area contributed by atoms with Gasteiger partial charge in [0, 0.05) is 15.8 Å². The fraction of sp³-hybridized carbons (Fsp3) is 0.154. The lowest BCUT2D eigenvalue weighted by Gasteiger charge is -2.03. The molecule has 3 aromatic rings. The van der Waals surface area contributed by atoms with Gasteiger partial charge in [-0.2, -0.15) is 0 Å². The van der Waals surface area contributed by atoms with Crippen molar-refractivity contribution in [3.05, 3.63) is 49.1 Å². The largest absolute Gasteiger partial charge is 0.330 e. The molecule has 0 bridgehead atoms. The minimum absolute atomic E-state index is 0.289. The Labute approximate surface area is 127 Å². The lowest BCUT2D eigenvalue weighted by Crippen LogP contribution is -1.97. The Bertz CT molecular complexity index is 816. The number of aromatic nitrogens is 2. The van der Waals surface area contributed by atoms with Crippen LogP contribution in [0, 0.1) is 17.5 Å². The van der Waals surface area contributed by atoms with E-state index in [1.165, 1.54) is 15.8 Å². The molecule has 1 aromatic carbocycles. The summed E-state index contributed by atoms with van der Waals surface area (Å²) in [5, 5.41) is 0. The van der Waals surface area contributed by atoms with Gasteiger partial charge in [0.15, 0.2) is 4.77 Å². The molecular formula is C13H10BrFN2S2. The normalized spacial score (nSPS) is 11.3. The van der Waals surface area contributed by atoms with E-state index < -0.39 is 0 Å². The summed E-state index contributed by atoms with van der Waals surface area (Å²) in [7, 11) is 0. The Morgan fingerprint density at radius 2 is 2.21 bits per heavy atom. The molecule has 19 heavy (non-hydrogen) atoms. The van der Waals surface area contributed by atoms with Gasteiger partial charge in [0.25, 0.3) is 0 Å². The number of thiophene rings is 1. The van der Waals surface area contributed by atoms with Gasteiger partial charge in [-0.1, -0.05) is 0 Å². The van der Waals surface area contributed by atoms with Crippen molar-refractivity contribution >= 4 is 50.5 Å². The average Bonchev–Trinajstić information content (AvgIpc) is 2.87. The van der Waals surface area contributed by atoms with E-state index in [1.807, 2.05) is 4.57 Å². The fourth-order valence-electron chi connectivity index (χ4n) is 2.03. The van der Waals surface area contributed by atoms with Crippen LogP contribution in [0.25, 0.3) is 11.0 Å². The monoisotopic (exact) mass is 356 g/mol. The van der Waals surface area contributed by atoms with Gasteiger partial charge in [-0.3, -0.25) is 0 Å². The topological polar surface area (TPSA) is 20.7 Å². The van der Waals surface area contributed by atoms with Gasteiger partial charge in [0.1, 0.15) is 5.82 Å². The first-order chi connectivity index (χ1) is 9.04. The molecule has 0 amide bonds. The van der Waals surface area contributed by atoms with Gasteiger partial charge in [0.2, 0.25) is 0 Å². The van der Waals surface area contributed by atoms with Crippen molar-refractivity contribution in [1.82, 2.24) is 9.55 Å². The third-order valence-electron chi connectivity index (χ3n) is 2.93. The van der Waals surface area contributed by atoms with Crippen LogP contribution >= 0.6 is 39.5 Å². The SMILES string of the molecule is Cc1ccc(Cn2c(=S)[nH]c3cc(F)c(Br)cc32)s1. The molecule has 0 saturated heterocycles. The maximum atomic E-state index is 13.5. The summed E-state index contributed by atoms with van der Waals surface area (Å²) in [5.41, 5.74) is 1.63.